The molecule has 0 aliphatic heterocycles. The Morgan fingerprint density at radius 1 is 1.41 bits per heavy atom. The van der Waals surface area contributed by atoms with Gasteiger partial charge in [-0.25, -0.2) is 4.79 Å². The number of fused-ring (bicyclic) bond motifs is 1. The van der Waals surface area contributed by atoms with Crippen molar-refractivity contribution in [2.45, 2.75) is 6.92 Å². The standard InChI is InChI=1S/C11H9NO4S/c1-2-16-10(14)6-3-4-8-7(5-6)9(13)12-11(15)17-8/h3-5H,2H2,1H3,(H,12,13,15). The summed E-state index contributed by atoms with van der Waals surface area (Å²) in [6.07, 6.45) is 0. The molecule has 0 saturated heterocycles. The van der Waals surface area contributed by atoms with Gasteiger partial charge < -0.3 is 4.74 Å². The van der Waals surface area contributed by atoms with Gasteiger partial charge in [0.2, 0.25) is 0 Å². The molecule has 0 aliphatic carbocycles. The highest BCUT2D eigenvalue weighted by atomic mass is 32.1. The van der Waals surface area contributed by atoms with E-state index in [1.54, 1.807) is 13.0 Å². The van der Waals surface area contributed by atoms with Gasteiger partial charge in [0.1, 0.15) is 0 Å². The predicted molar refractivity (Wildman–Crippen MR) is 64.7 cm³/mol. The summed E-state index contributed by atoms with van der Waals surface area (Å²) in [6, 6.07) is 4.54. The van der Waals surface area contributed by atoms with Gasteiger partial charge in [-0.05, 0) is 25.1 Å². The monoisotopic (exact) mass is 251 g/mol. The van der Waals surface area contributed by atoms with Crippen molar-refractivity contribution in [2.24, 2.45) is 0 Å². The molecule has 1 N–H and O–H groups in total. The lowest BCUT2D eigenvalue weighted by Crippen LogP contribution is -2.16. The van der Waals surface area contributed by atoms with Gasteiger partial charge in [-0.3, -0.25) is 14.6 Å². The van der Waals surface area contributed by atoms with Crippen LogP contribution in [0.5, 0.6) is 0 Å². The third-order valence-electron chi connectivity index (χ3n) is 2.15. The highest BCUT2D eigenvalue weighted by Gasteiger charge is 2.09. The maximum Gasteiger partial charge on any atom is 0.338 e. The summed E-state index contributed by atoms with van der Waals surface area (Å²) in [5.74, 6) is -0.481. The van der Waals surface area contributed by atoms with Crippen LogP contribution in [0.2, 0.25) is 0 Å². The van der Waals surface area contributed by atoms with E-state index in [0.29, 0.717) is 15.6 Å². The molecule has 0 fully saturated rings. The summed E-state index contributed by atoms with van der Waals surface area (Å²) in [6.45, 7) is 1.98. The molecule has 1 heterocycles. The number of esters is 1. The first-order valence-corrected chi connectivity index (χ1v) is 5.78. The number of H-pyrrole nitrogens is 1. The molecule has 0 bridgehead atoms. The van der Waals surface area contributed by atoms with Gasteiger partial charge in [-0.2, -0.15) is 0 Å². The van der Waals surface area contributed by atoms with E-state index >= 15 is 0 Å². The fraction of sp³-hybridized carbons (Fsp3) is 0.182. The molecule has 5 nitrogen and oxygen atoms in total. The number of hydrogen-bond acceptors (Lipinski definition) is 5. The molecule has 0 aliphatic rings. The molecule has 0 spiro atoms. The summed E-state index contributed by atoms with van der Waals surface area (Å²) in [4.78, 5) is 35.9. The normalized spacial score (nSPS) is 10.4. The van der Waals surface area contributed by atoms with Crippen LogP contribution in [0.4, 0.5) is 0 Å². The van der Waals surface area contributed by atoms with Crippen LogP contribution in [-0.2, 0) is 4.74 Å². The smallest absolute Gasteiger partial charge is 0.338 e. The zero-order valence-corrected chi connectivity index (χ0v) is 9.80. The number of aromatic amines is 1. The zero-order chi connectivity index (χ0) is 12.4. The van der Waals surface area contributed by atoms with Gasteiger partial charge in [0.15, 0.2) is 0 Å². The fourth-order valence-electron chi connectivity index (χ4n) is 1.42. The van der Waals surface area contributed by atoms with Crippen LogP contribution in [0, 0.1) is 0 Å². The van der Waals surface area contributed by atoms with Gasteiger partial charge in [0, 0.05) is 4.70 Å². The second-order valence-electron chi connectivity index (χ2n) is 3.28. The van der Waals surface area contributed by atoms with Crippen molar-refractivity contribution in [2.75, 3.05) is 6.61 Å². The molecule has 6 heteroatoms. The molecule has 1 aromatic carbocycles. The first-order chi connectivity index (χ1) is 8.11. The van der Waals surface area contributed by atoms with Crippen LogP contribution in [0.1, 0.15) is 17.3 Å². The molecule has 2 aromatic rings. The predicted octanol–water partition coefficient (Wildman–Crippen LogP) is 1.13. The molecule has 1 aromatic heterocycles. The molecule has 0 radical (unpaired) electrons. The van der Waals surface area contributed by atoms with Gasteiger partial charge in [0.25, 0.3) is 5.56 Å². The molecular weight excluding hydrogens is 242 g/mol. The minimum absolute atomic E-state index is 0.273. The molecule has 88 valence electrons. The minimum atomic E-state index is -0.491. The van der Waals surface area contributed by atoms with Gasteiger partial charge in [0.05, 0.1) is 17.6 Å². The topological polar surface area (TPSA) is 76.2 Å². The molecule has 0 amide bonds. The highest BCUT2D eigenvalue weighted by Crippen LogP contribution is 2.14. The molecule has 17 heavy (non-hydrogen) atoms. The number of benzene rings is 1. The van der Waals surface area contributed by atoms with Crippen molar-refractivity contribution < 1.29 is 9.53 Å². The highest BCUT2D eigenvalue weighted by molar-refractivity contribution is 7.15. The lowest BCUT2D eigenvalue weighted by Gasteiger charge is -2.02. The number of hydrogen-bond donors (Lipinski definition) is 1. The molecular formula is C11H9NO4S. The van der Waals surface area contributed by atoms with Crippen LogP contribution < -0.4 is 10.4 Å². The fourth-order valence-corrected chi connectivity index (χ4v) is 2.16. The van der Waals surface area contributed by atoms with E-state index in [1.165, 1.54) is 12.1 Å². The molecule has 0 unspecified atom stereocenters. The third-order valence-corrected chi connectivity index (χ3v) is 3.02. The maximum absolute atomic E-state index is 11.5. The largest absolute Gasteiger partial charge is 0.462 e. The lowest BCUT2D eigenvalue weighted by atomic mass is 10.2. The number of rotatable bonds is 2. The van der Waals surface area contributed by atoms with Crippen LogP contribution >= 0.6 is 11.3 Å². The second kappa shape index (κ2) is 4.50. The van der Waals surface area contributed by atoms with Crippen LogP contribution in [0.3, 0.4) is 0 Å². The van der Waals surface area contributed by atoms with Crippen molar-refractivity contribution in [1.29, 1.82) is 0 Å². The summed E-state index contributed by atoms with van der Waals surface area (Å²) in [5.41, 5.74) is -0.189. The maximum atomic E-state index is 11.5. The quantitative estimate of drug-likeness (QED) is 0.812. The van der Waals surface area contributed by atoms with Gasteiger partial charge >= 0.3 is 10.8 Å². The molecule has 0 saturated carbocycles. The molecule has 2 rings (SSSR count). The Kier molecular flexibility index (Phi) is 3.06. The summed E-state index contributed by atoms with van der Waals surface area (Å²) in [7, 11) is 0. The van der Waals surface area contributed by atoms with Gasteiger partial charge in [-0.15, -0.1) is 0 Å². The van der Waals surface area contributed by atoms with Crippen molar-refractivity contribution in [3.63, 3.8) is 0 Å². The van der Waals surface area contributed by atoms with Gasteiger partial charge in [-0.1, -0.05) is 11.3 Å². The minimum Gasteiger partial charge on any atom is -0.462 e. The Morgan fingerprint density at radius 2 is 2.18 bits per heavy atom. The van der Waals surface area contributed by atoms with E-state index in [9.17, 15) is 14.4 Å². The average molecular weight is 251 g/mol. The summed E-state index contributed by atoms with van der Waals surface area (Å²) >= 11 is 0.926. The van der Waals surface area contributed by atoms with Crippen molar-refractivity contribution in [3.05, 3.63) is 43.8 Å². The van der Waals surface area contributed by atoms with E-state index < -0.39 is 16.4 Å². The Labute approximate surface area is 99.7 Å². The van der Waals surface area contributed by atoms with Crippen LogP contribution in [0.25, 0.3) is 10.1 Å². The Balaban J connectivity index is 2.62. The Morgan fingerprint density at radius 3 is 2.88 bits per heavy atom. The second-order valence-corrected chi connectivity index (χ2v) is 4.29. The van der Waals surface area contributed by atoms with Crippen LogP contribution in [-0.4, -0.2) is 17.6 Å². The summed E-state index contributed by atoms with van der Waals surface area (Å²) in [5, 5.41) is 0.320. The number of aromatic nitrogens is 1. The van der Waals surface area contributed by atoms with Crippen molar-refractivity contribution in [1.82, 2.24) is 4.98 Å². The SMILES string of the molecule is CCOC(=O)c1ccc2sc(=O)[nH]c(=O)c2c1. The Bertz CT molecular complexity index is 686. The first-order valence-electron chi connectivity index (χ1n) is 4.96. The number of carbonyl (C=O) groups excluding carboxylic acids is 1. The average Bonchev–Trinajstić information content (AvgIpc) is 2.28. The van der Waals surface area contributed by atoms with Crippen molar-refractivity contribution in [3.8, 4) is 0 Å². The van der Waals surface area contributed by atoms with E-state index in [-0.39, 0.29) is 6.61 Å². The third kappa shape index (κ3) is 2.26. The Hall–Kier alpha value is -1.95. The van der Waals surface area contributed by atoms with E-state index in [4.69, 9.17) is 4.74 Å². The van der Waals surface area contributed by atoms with Crippen molar-refractivity contribution >= 4 is 27.4 Å². The number of ether oxygens (including phenoxy) is 1. The first kappa shape index (κ1) is 11.5. The zero-order valence-electron chi connectivity index (χ0n) is 8.98. The van der Waals surface area contributed by atoms with Crippen LogP contribution in [0.15, 0.2) is 27.8 Å². The molecule has 0 atom stereocenters. The van der Waals surface area contributed by atoms with E-state index in [2.05, 4.69) is 4.98 Å². The van der Waals surface area contributed by atoms with E-state index in [0.717, 1.165) is 11.3 Å². The number of carbonyl (C=O) groups is 1. The number of nitrogens with one attached hydrogen (secondary N) is 1. The lowest BCUT2D eigenvalue weighted by molar-refractivity contribution is 0.0526. The summed E-state index contributed by atoms with van der Waals surface area (Å²) < 4.78 is 5.38. The van der Waals surface area contributed by atoms with E-state index in [1.807, 2.05) is 0 Å².